The van der Waals surface area contributed by atoms with E-state index in [4.69, 9.17) is 14.2 Å². The Morgan fingerprint density at radius 1 is 1.08 bits per heavy atom. The normalized spacial score (nSPS) is 27.0. The largest absolute Gasteiger partial charge is 0.487 e. The third-order valence-corrected chi connectivity index (χ3v) is 8.24. The number of fused-ring (bicyclic) bond motifs is 4. The molecule has 196 valence electrons. The van der Waals surface area contributed by atoms with Crippen LogP contribution in [0.5, 0.6) is 5.75 Å². The summed E-state index contributed by atoms with van der Waals surface area (Å²) in [6.07, 6.45) is 2.11. The molecule has 0 aliphatic carbocycles. The molecular weight excluding hydrogens is 472 g/mol. The molecule has 2 fully saturated rings. The Morgan fingerprint density at radius 3 is 2.70 bits per heavy atom. The predicted molar refractivity (Wildman–Crippen MR) is 136 cm³/mol. The summed E-state index contributed by atoms with van der Waals surface area (Å²) >= 11 is 0. The van der Waals surface area contributed by atoms with Gasteiger partial charge in [-0.3, -0.25) is 9.59 Å². The lowest BCUT2D eigenvalue weighted by Crippen LogP contribution is -2.48. The highest BCUT2D eigenvalue weighted by Crippen LogP contribution is 2.47. The number of carbonyl (C=O) groups is 2. The van der Waals surface area contributed by atoms with E-state index in [1.165, 1.54) is 11.1 Å². The fourth-order valence-corrected chi connectivity index (χ4v) is 6.20. The number of rotatable bonds is 5. The van der Waals surface area contributed by atoms with Gasteiger partial charge in [0.1, 0.15) is 18.0 Å². The molecule has 8 nitrogen and oxygen atoms in total. The van der Waals surface area contributed by atoms with Crippen LogP contribution in [0.15, 0.2) is 42.5 Å². The molecule has 37 heavy (non-hydrogen) atoms. The van der Waals surface area contributed by atoms with Gasteiger partial charge in [-0.25, -0.2) is 0 Å². The smallest absolute Gasteiger partial charge is 0.227 e. The first-order valence-electron chi connectivity index (χ1n) is 13.4. The molecule has 4 aliphatic heterocycles. The van der Waals surface area contributed by atoms with Crippen molar-refractivity contribution in [2.24, 2.45) is 5.92 Å². The summed E-state index contributed by atoms with van der Waals surface area (Å²) in [5.41, 5.74) is 4.25. The minimum atomic E-state index is -0.508. The van der Waals surface area contributed by atoms with E-state index in [1.807, 2.05) is 35.2 Å². The summed E-state index contributed by atoms with van der Waals surface area (Å²) in [7, 11) is 0. The summed E-state index contributed by atoms with van der Waals surface area (Å²) in [6.45, 7) is 2.39. The molecule has 0 unspecified atom stereocenters. The molecule has 0 spiro atoms. The maximum atomic E-state index is 13.2. The number of aliphatic hydroxyl groups is 1. The Balaban J connectivity index is 1.14. The molecule has 2 amide bonds. The van der Waals surface area contributed by atoms with Crippen LogP contribution in [0.4, 0.5) is 5.69 Å². The summed E-state index contributed by atoms with van der Waals surface area (Å²) in [5.74, 6) is 0.795. The van der Waals surface area contributed by atoms with Gasteiger partial charge in [0.2, 0.25) is 11.8 Å². The lowest BCUT2D eigenvalue weighted by Gasteiger charge is -2.38. The van der Waals surface area contributed by atoms with Crippen molar-refractivity contribution >= 4 is 17.5 Å². The first-order chi connectivity index (χ1) is 18.1. The highest BCUT2D eigenvalue weighted by molar-refractivity contribution is 5.92. The maximum absolute atomic E-state index is 13.2. The highest BCUT2D eigenvalue weighted by atomic mass is 16.6. The van der Waals surface area contributed by atoms with Gasteiger partial charge >= 0.3 is 0 Å². The van der Waals surface area contributed by atoms with E-state index in [2.05, 4.69) is 17.4 Å². The van der Waals surface area contributed by atoms with Gasteiger partial charge in [-0.1, -0.05) is 24.3 Å². The van der Waals surface area contributed by atoms with Crippen molar-refractivity contribution in [3.63, 3.8) is 0 Å². The third-order valence-electron chi connectivity index (χ3n) is 8.24. The number of anilines is 1. The molecular formula is C29H34N2O6. The number of carbonyl (C=O) groups excluding carboxylic acids is 2. The fraction of sp³-hybridized carbons (Fsp3) is 0.517. The quantitative estimate of drug-likeness (QED) is 0.647. The van der Waals surface area contributed by atoms with E-state index in [9.17, 15) is 14.7 Å². The fourth-order valence-electron chi connectivity index (χ4n) is 6.20. The Bertz CT molecular complexity index is 1160. The zero-order valence-electron chi connectivity index (χ0n) is 20.9. The monoisotopic (exact) mass is 506 g/mol. The van der Waals surface area contributed by atoms with E-state index in [0.29, 0.717) is 32.7 Å². The van der Waals surface area contributed by atoms with Gasteiger partial charge in [0, 0.05) is 49.4 Å². The SMILES string of the molecule is O=C(Nc1ccc2c(c1)[C@@H]1C[C@H](CC(=O)N3CCc4ccccc4C3)O[C@H](CO)[C@@H]1O2)C1CCOCC1. The summed E-state index contributed by atoms with van der Waals surface area (Å²) in [4.78, 5) is 27.9. The maximum Gasteiger partial charge on any atom is 0.227 e. The average Bonchev–Trinajstić information content (AvgIpc) is 3.30. The van der Waals surface area contributed by atoms with Gasteiger partial charge in [-0.15, -0.1) is 0 Å². The summed E-state index contributed by atoms with van der Waals surface area (Å²) < 4.78 is 17.7. The van der Waals surface area contributed by atoms with E-state index >= 15 is 0 Å². The van der Waals surface area contributed by atoms with Crippen LogP contribution >= 0.6 is 0 Å². The van der Waals surface area contributed by atoms with Gasteiger partial charge in [-0.05, 0) is 55.0 Å². The van der Waals surface area contributed by atoms with Crippen molar-refractivity contribution in [3.05, 3.63) is 59.2 Å². The first-order valence-corrected chi connectivity index (χ1v) is 13.4. The number of amides is 2. The molecule has 0 bridgehead atoms. The van der Waals surface area contributed by atoms with Crippen molar-refractivity contribution < 1.29 is 28.9 Å². The number of aliphatic hydroxyl groups excluding tert-OH is 1. The average molecular weight is 507 g/mol. The Morgan fingerprint density at radius 2 is 1.89 bits per heavy atom. The summed E-state index contributed by atoms with van der Waals surface area (Å²) in [5, 5.41) is 13.1. The van der Waals surface area contributed by atoms with Crippen LogP contribution in [-0.4, -0.2) is 66.5 Å². The van der Waals surface area contributed by atoms with Gasteiger partial charge in [0.15, 0.2) is 0 Å². The van der Waals surface area contributed by atoms with Crippen LogP contribution in [0.3, 0.4) is 0 Å². The Kier molecular flexibility index (Phi) is 6.88. The van der Waals surface area contributed by atoms with Crippen molar-refractivity contribution in [2.45, 2.75) is 62.9 Å². The number of hydrogen-bond donors (Lipinski definition) is 2. The van der Waals surface area contributed by atoms with Crippen LogP contribution < -0.4 is 10.1 Å². The minimum absolute atomic E-state index is 0.0132. The van der Waals surface area contributed by atoms with Crippen molar-refractivity contribution in [1.29, 1.82) is 0 Å². The Labute approximate surface area is 216 Å². The lowest BCUT2D eigenvalue weighted by molar-refractivity contribution is -0.149. The molecule has 0 aromatic heterocycles. The molecule has 2 aromatic carbocycles. The molecule has 4 heterocycles. The number of ether oxygens (including phenoxy) is 3. The zero-order valence-corrected chi connectivity index (χ0v) is 20.9. The van der Waals surface area contributed by atoms with E-state index in [-0.39, 0.29) is 48.9 Å². The van der Waals surface area contributed by atoms with Gasteiger partial charge in [-0.2, -0.15) is 0 Å². The van der Waals surface area contributed by atoms with Gasteiger partial charge in [0.25, 0.3) is 0 Å². The zero-order chi connectivity index (χ0) is 25.4. The topological polar surface area (TPSA) is 97.3 Å². The number of nitrogens with zero attached hydrogens (tertiary/aromatic N) is 1. The number of benzene rings is 2. The van der Waals surface area contributed by atoms with Crippen molar-refractivity contribution in [1.82, 2.24) is 4.90 Å². The van der Waals surface area contributed by atoms with Crippen LogP contribution in [0.25, 0.3) is 0 Å². The second-order valence-corrected chi connectivity index (χ2v) is 10.6. The second kappa shape index (κ2) is 10.4. The molecule has 4 aliphatic rings. The standard InChI is InChI=1S/C29H34N2O6/c32-17-26-28-24(14-22(36-26)15-27(33)31-10-7-18-3-1-2-4-20(18)16-31)23-13-21(5-6-25(23)37-28)30-29(34)19-8-11-35-12-9-19/h1-6,13,19,22,24,26,28,32H,7-12,14-17H2,(H,30,34)/t22-,24+,26-,28-/m1/s1. The highest BCUT2D eigenvalue weighted by Gasteiger charge is 2.46. The third kappa shape index (κ3) is 4.98. The van der Waals surface area contributed by atoms with E-state index in [1.54, 1.807) is 0 Å². The van der Waals surface area contributed by atoms with Crippen molar-refractivity contribution in [3.8, 4) is 5.75 Å². The first kappa shape index (κ1) is 24.4. The van der Waals surface area contributed by atoms with Crippen LogP contribution in [0, 0.1) is 5.92 Å². The molecule has 2 saturated heterocycles. The second-order valence-electron chi connectivity index (χ2n) is 10.6. The summed E-state index contributed by atoms with van der Waals surface area (Å²) in [6, 6.07) is 14.0. The molecule has 6 rings (SSSR count). The molecule has 2 N–H and O–H groups in total. The van der Waals surface area contributed by atoms with Crippen molar-refractivity contribution in [2.75, 3.05) is 31.7 Å². The molecule has 0 saturated carbocycles. The molecule has 2 aromatic rings. The van der Waals surface area contributed by atoms with E-state index in [0.717, 1.165) is 36.3 Å². The predicted octanol–water partition coefficient (Wildman–Crippen LogP) is 3.02. The Hall–Kier alpha value is -2.94. The van der Waals surface area contributed by atoms with E-state index < -0.39 is 6.10 Å². The van der Waals surface area contributed by atoms with Gasteiger partial charge < -0.3 is 29.5 Å². The molecule has 8 heteroatoms. The molecule has 4 atom stereocenters. The van der Waals surface area contributed by atoms with Gasteiger partial charge in [0.05, 0.1) is 19.1 Å². The van der Waals surface area contributed by atoms with Crippen LogP contribution in [0.1, 0.15) is 48.3 Å². The molecule has 0 radical (unpaired) electrons. The van der Waals surface area contributed by atoms with Crippen LogP contribution in [-0.2, 0) is 32.0 Å². The minimum Gasteiger partial charge on any atom is -0.487 e. The van der Waals surface area contributed by atoms with Crippen LogP contribution in [0.2, 0.25) is 0 Å². The lowest BCUT2D eigenvalue weighted by atomic mass is 9.84. The number of nitrogens with one attached hydrogen (secondary N) is 1. The number of hydrogen-bond acceptors (Lipinski definition) is 6.